The standard InChI is InChI=1S/C32H49NO4/c1-27(2)22-10-13-32(7)23(30(22,5)12-11-24(27)34)9-8-20-21-18-28(3,26(36)37-17-16-33)19-25(35)29(21,4)14-15-31(20,32)6/h8-9,22-24,34H,10-19,33H2,1-7H3/t22-,23-,24-,28+,29-,30+,31+,32-/m1/s1. The summed E-state index contributed by atoms with van der Waals surface area (Å²) in [6.07, 6.45) is 11.4. The van der Waals surface area contributed by atoms with Crippen LogP contribution in [0, 0.1) is 44.3 Å². The topological polar surface area (TPSA) is 89.6 Å². The van der Waals surface area contributed by atoms with Crippen molar-refractivity contribution in [2.45, 2.75) is 106 Å². The van der Waals surface area contributed by atoms with Gasteiger partial charge < -0.3 is 15.6 Å². The highest BCUT2D eigenvalue weighted by Gasteiger charge is 2.67. The minimum absolute atomic E-state index is 0.0604. The molecule has 0 spiro atoms. The van der Waals surface area contributed by atoms with E-state index >= 15 is 0 Å². The number of esters is 1. The Balaban J connectivity index is 1.62. The van der Waals surface area contributed by atoms with Gasteiger partial charge in [0.25, 0.3) is 0 Å². The van der Waals surface area contributed by atoms with E-state index in [4.69, 9.17) is 10.5 Å². The molecule has 0 bridgehead atoms. The SMILES string of the molecule is CC1(C)[C@H](O)CC[C@@]2(C)[C@@H]1CC[C@]1(C)[C@@H]2C=CC2=C3C[C@](C)(C(=O)OCCN)CC(=O)[C@]3(C)CC[C@@]21C. The summed E-state index contributed by atoms with van der Waals surface area (Å²) in [5, 5.41) is 10.9. The van der Waals surface area contributed by atoms with Gasteiger partial charge >= 0.3 is 5.97 Å². The number of Topliss-reactive ketones (excluding diaryl/α,β-unsaturated/α-hetero) is 1. The number of aliphatic hydroxyl groups is 1. The Hall–Kier alpha value is -1.46. The molecule has 0 aromatic heterocycles. The van der Waals surface area contributed by atoms with Crippen LogP contribution in [0.25, 0.3) is 0 Å². The maximum absolute atomic E-state index is 13.7. The van der Waals surface area contributed by atoms with E-state index in [1.165, 1.54) is 11.1 Å². The van der Waals surface area contributed by atoms with Crippen LogP contribution in [0.1, 0.15) is 99.8 Å². The molecular formula is C32H49NO4. The van der Waals surface area contributed by atoms with Gasteiger partial charge in [-0.1, -0.05) is 52.3 Å². The summed E-state index contributed by atoms with van der Waals surface area (Å²) >= 11 is 0. The first-order valence-corrected chi connectivity index (χ1v) is 14.6. The highest BCUT2D eigenvalue weighted by atomic mass is 16.5. The number of nitrogens with two attached hydrogens (primary N) is 1. The Morgan fingerprint density at radius 1 is 1.03 bits per heavy atom. The van der Waals surface area contributed by atoms with Crippen LogP contribution in [-0.2, 0) is 14.3 Å². The monoisotopic (exact) mass is 511 g/mol. The number of aliphatic hydroxyl groups excluding tert-OH is 1. The molecule has 0 heterocycles. The first-order valence-electron chi connectivity index (χ1n) is 14.6. The van der Waals surface area contributed by atoms with Crippen LogP contribution in [0.5, 0.6) is 0 Å². The van der Waals surface area contributed by atoms with Crippen molar-refractivity contribution in [1.82, 2.24) is 0 Å². The number of hydrogen-bond donors (Lipinski definition) is 2. The minimum atomic E-state index is -0.842. The van der Waals surface area contributed by atoms with Crippen molar-refractivity contribution in [2.24, 2.45) is 50.1 Å². The normalized spacial score (nSPS) is 48.5. The third kappa shape index (κ3) is 3.41. The second kappa shape index (κ2) is 8.27. The first-order chi connectivity index (χ1) is 17.1. The predicted molar refractivity (Wildman–Crippen MR) is 145 cm³/mol. The van der Waals surface area contributed by atoms with E-state index in [1.54, 1.807) is 0 Å². The van der Waals surface area contributed by atoms with Crippen LogP contribution in [0.2, 0.25) is 0 Å². The van der Waals surface area contributed by atoms with E-state index in [0.29, 0.717) is 18.3 Å². The lowest BCUT2D eigenvalue weighted by Crippen LogP contribution is -2.63. The van der Waals surface area contributed by atoms with Gasteiger partial charge in [0.15, 0.2) is 0 Å². The van der Waals surface area contributed by atoms with Crippen LogP contribution in [0.15, 0.2) is 23.3 Å². The van der Waals surface area contributed by atoms with Crippen molar-refractivity contribution >= 4 is 11.8 Å². The quantitative estimate of drug-likeness (QED) is 0.471. The molecule has 0 aromatic carbocycles. The van der Waals surface area contributed by atoms with Crippen molar-refractivity contribution in [3.8, 4) is 0 Å². The summed E-state index contributed by atoms with van der Waals surface area (Å²) in [5.41, 5.74) is 6.77. The molecule has 0 amide bonds. The van der Waals surface area contributed by atoms with E-state index in [1.807, 2.05) is 6.92 Å². The number of hydrogen-bond acceptors (Lipinski definition) is 5. The fourth-order valence-electron chi connectivity index (χ4n) is 10.1. The number of fused-ring (bicyclic) bond motifs is 6. The second-order valence-corrected chi connectivity index (χ2v) is 15.0. The number of carbonyl (C=O) groups excluding carboxylic acids is 2. The summed E-state index contributed by atoms with van der Waals surface area (Å²) in [6, 6.07) is 0. The molecule has 3 saturated carbocycles. The zero-order valence-corrected chi connectivity index (χ0v) is 24.2. The number of rotatable bonds is 3. The molecule has 0 saturated heterocycles. The van der Waals surface area contributed by atoms with E-state index < -0.39 is 10.8 Å². The zero-order chi connectivity index (χ0) is 27.2. The third-order valence-electron chi connectivity index (χ3n) is 12.9. The van der Waals surface area contributed by atoms with Crippen molar-refractivity contribution in [3.63, 3.8) is 0 Å². The summed E-state index contributed by atoms with van der Waals surface area (Å²) in [4.78, 5) is 26.8. The fraction of sp³-hybridized carbons (Fsp3) is 0.812. The van der Waals surface area contributed by atoms with Gasteiger partial charge in [-0.05, 0) is 97.9 Å². The van der Waals surface area contributed by atoms with Crippen molar-refractivity contribution < 1.29 is 19.4 Å². The molecule has 8 atom stereocenters. The van der Waals surface area contributed by atoms with E-state index in [0.717, 1.165) is 38.5 Å². The van der Waals surface area contributed by atoms with Gasteiger partial charge in [0.2, 0.25) is 0 Å². The summed E-state index contributed by atoms with van der Waals surface area (Å²) in [7, 11) is 0. The Labute approximate surface area is 223 Å². The maximum atomic E-state index is 13.7. The van der Waals surface area contributed by atoms with Gasteiger partial charge in [0, 0.05) is 18.4 Å². The van der Waals surface area contributed by atoms with Crippen LogP contribution in [0.3, 0.4) is 0 Å². The Morgan fingerprint density at radius 2 is 1.73 bits per heavy atom. The Morgan fingerprint density at radius 3 is 2.41 bits per heavy atom. The van der Waals surface area contributed by atoms with Gasteiger partial charge in [-0.15, -0.1) is 0 Å². The summed E-state index contributed by atoms with van der Waals surface area (Å²) in [5.74, 6) is 0.780. The molecule has 5 nitrogen and oxygen atoms in total. The lowest BCUT2D eigenvalue weighted by molar-refractivity contribution is -0.182. The van der Waals surface area contributed by atoms with Crippen molar-refractivity contribution in [1.29, 1.82) is 0 Å². The molecule has 5 aliphatic rings. The second-order valence-electron chi connectivity index (χ2n) is 15.0. The molecule has 0 radical (unpaired) electrons. The zero-order valence-electron chi connectivity index (χ0n) is 24.2. The van der Waals surface area contributed by atoms with Crippen molar-refractivity contribution in [2.75, 3.05) is 13.2 Å². The molecule has 0 aromatic rings. The van der Waals surface area contributed by atoms with E-state index in [2.05, 4.69) is 53.7 Å². The Kier molecular flexibility index (Phi) is 6.06. The van der Waals surface area contributed by atoms with Gasteiger partial charge in [-0.2, -0.15) is 0 Å². The average Bonchev–Trinajstić information content (AvgIpc) is 2.82. The third-order valence-corrected chi connectivity index (χ3v) is 12.9. The molecule has 37 heavy (non-hydrogen) atoms. The fourth-order valence-corrected chi connectivity index (χ4v) is 10.1. The van der Waals surface area contributed by atoms with E-state index in [-0.39, 0.29) is 59.1 Å². The Bertz CT molecular complexity index is 1070. The van der Waals surface area contributed by atoms with Gasteiger partial charge in [0.05, 0.1) is 11.5 Å². The smallest absolute Gasteiger partial charge is 0.312 e. The molecule has 5 aliphatic carbocycles. The highest BCUT2D eigenvalue weighted by Crippen LogP contribution is 2.73. The molecule has 206 valence electrons. The average molecular weight is 512 g/mol. The molecular weight excluding hydrogens is 462 g/mol. The van der Waals surface area contributed by atoms with Gasteiger partial charge in [-0.3, -0.25) is 9.59 Å². The number of ether oxygens (including phenoxy) is 1. The molecule has 5 rings (SSSR count). The predicted octanol–water partition coefficient (Wildman–Crippen LogP) is 5.75. The molecule has 0 aliphatic heterocycles. The number of allylic oxidation sites excluding steroid dienone is 4. The van der Waals surface area contributed by atoms with Crippen molar-refractivity contribution in [3.05, 3.63) is 23.3 Å². The van der Waals surface area contributed by atoms with Gasteiger partial charge in [0.1, 0.15) is 12.4 Å². The lowest BCUT2D eigenvalue weighted by atomic mass is 9.35. The van der Waals surface area contributed by atoms with Gasteiger partial charge in [-0.25, -0.2) is 0 Å². The van der Waals surface area contributed by atoms with Crippen LogP contribution in [-0.4, -0.2) is 36.1 Å². The maximum Gasteiger partial charge on any atom is 0.312 e. The molecule has 3 fully saturated rings. The summed E-state index contributed by atoms with van der Waals surface area (Å²) < 4.78 is 5.48. The van der Waals surface area contributed by atoms with Crippen LogP contribution in [0.4, 0.5) is 0 Å². The van der Waals surface area contributed by atoms with E-state index in [9.17, 15) is 14.7 Å². The molecule has 3 N–H and O–H groups in total. The highest BCUT2D eigenvalue weighted by molar-refractivity contribution is 5.95. The number of carbonyl (C=O) groups is 2. The van der Waals surface area contributed by atoms with Crippen LogP contribution < -0.4 is 5.73 Å². The lowest BCUT2D eigenvalue weighted by Gasteiger charge is -2.69. The minimum Gasteiger partial charge on any atom is -0.464 e. The molecule has 5 heteroatoms. The first kappa shape index (κ1) is 27.1. The largest absolute Gasteiger partial charge is 0.464 e. The number of ketones is 1. The summed E-state index contributed by atoms with van der Waals surface area (Å²) in [6.45, 7) is 16.5. The molecule has 0 unspecified atom stereocenters. The van der Waals surface area contributed by atoms with Crippen LogP contribution >= 0.6 is 0 Å².